The largest absolute Gasteiger partial charge is 0.399 e. The van der Waals surface area contributed by atoms with Gasteiger partial charge in [-0.1, -0.05) is 0 Å². The van der Waals surface area contributed by atoms with Gasteiger partial charge in [-0.2, -0.15) is 0 Å². The van der Waals surface area contributed by atoms with Crippen molar-refractivity contribution < 1.29 is 0 Å². The van der Waals surface area contributed by atoms with E-state index in [9.17, 15) is 0 Å². The maximum Gasteiger partial charge on any atom is 0.0454 e. The quantitative estimate of drug-likeness (QED) is 0.796. The summed E-state index contributed by atoms with van der Waals surface area (Å²) in [6.07, 6.45) is 2.07. The molecule has 2 rings (SSSR count). The molecule has 1 heterocycles. The van der Waals surface area contributed by atoms with Crippen LogP contribution in [0.15, 0.2) is 42.6 Å². The molecule has 0 atom stereocenters. The third kappa shape index (κ3) is 2.25. The van der Waals surface area contributed by atoms with Crippen molar-refractivity contribution in [1.29, 1.82) is 0 Å². The number of hydrogen-bond acceptors (Lipinski definition) is 2. The summed E-state index contributed by atoms with van der Waals surface area (Å²) in [6, 6.07) is 12.1. The molecule has 0 bridgehead atoms. The highest BCUT2D eigenvalue weighted by Crippen LogP contribution is 2.15. The van der Waals surface area contributed by atoms with Gasteiger partial charge in [0.05, 0.1) is 0 Å². The molecule has 0 saturated heterocycles. The zero-order valence-corrected chi connectivity index (χ0v) is 9.72. The Morgan fingerprint density at radius 1 is 1.12 bits per heavy atom. The van der Waals surface area contributed by atoms with Crippen LogP contribution in [0.25, 0.3) is 5.69 Å². The molecule has 0 fully saturated rings. The van der Waals surface area contributed by atoms with Crippen LogP contribution in [-0.4, -0.2) is 23.6 Å². The van der Waals surface area contributed by atoms with Gasteiger partial charge in [0.2, 0.25) is 0 Å². The second-order valence-corrected chi connectivity index (χ2v) is 4.20. The molecular weight excluding hydrogens is 198 g/mol. The van der Waals surface area contributed by atoms with Gasteiger partial charge in [-0.05, 0) is 50.5 Å². The molecule has 2 aromatic rings. The summed E-state index contributed by atoms with van der Waals surface area (Å²) in [7, 11) is 4.14. The standard InChI is InChI=1S/C13H17N3/c1-15(2)10-13-4-3-9-16(13)12-7-5-11(14)6-8-12/h3-9H,10,14H2,1-2H3. The number of nitrogens with two attached hydrogens (primary N) is 1. The van der Waals surface area contributed by atoms with Gasteiger partial charge in [-0.15, -0.1) is 0 Å². The van der Waals surface area contributed by atoms with E-state index in [0.717, 1.165) is 17.9 Å². The van der Waals surface area contributed by atoms with Crippen LogP contribution in [0, 0.1) is 0 Å². The Balaban J connectivity index is 2.33. The van der Waals surface area contributed by atoms with E-state index in [1.807, 2.05) is 24.3 Å². The molecule has 3 heteroatoms. The van der Waals surface area contributed by atoms with Crippen molar-refractivity contribution in [3.63, 3.8) is 0 Å². The zero-order chi connectivity index (χ0) is 11.5. The van der Waals surface area contributed by atoms with E-state index >= 15 is 0 Å². The summed E-state index contributed by atoms with van der Waals surface area (Å²) in [5, 5.41) is 0. The summed E-state index contributed by atoms with van der Waals surface area (Å²) >= 11 is 0. The number of nitrogens with zero attached hydrogens (tertiary/aromatic N) is 2. The normalized spacial score (nSPS) is 10.9. The molecule has 0 saturated carbocycles. The second-order valence-electron chi connectivity index (χ2n) is 4.20. The summed E-state index contributed by atoms with van der Waals surface area (Å²) in [6.45, 7) is 0.928. The molecule has 3 nitrogen and oxygen atoms in total. The molecule has 2 N–H and O–H groups in total. The van der Waals surface area contributed by atoms with Crippen molar-refractivity contribution in [2.75, 3.05) is 19.8 Å². The van der Waals surface area contributed by atoms with Crippen molar-refractivity contribution in [1.82, 2.24) is 9.47 Å². The average molecular weight is 215 g/mol. The van der Waals surface area contributed by atoms with Gasteiger partial charge in [-0.25, -0.2) is 0 Å². The Kier molecular flexibility index (Phi) is 2.97. The first kappa shape index (κ1) is 10.8. The first-order valence-corrected chi connectivity index (χ1v) is 5.34. The Morgan fingerprint density at radius 2 is 1.81 bits per heavy atom. The van der Waals surface area contributed by atoms with Crippen molar-refractivity contribution in [3.05, 3.63) is 48.3 Å². The molecule has 0 radical (unpaired) electrons. The van der Waals surface area contributed by atoms with Crippen molar-refractivity contribution in [2.45, 2.75) is 6.54 Å². The molecule has 0 amide bonds. The van der Waals surface area contributed by atoms with E-state index in [-0.39, 0.29) is 0 Å². The SMILES string of the molecule is CN(C)Cc1cccn1-c1ccc(N)cc1. The predicted octanol–water partition coefficient (Wildman–Crippen LogP) is 2.12. The summed E-state index contributed by atoms with van der Waals surface area (Å²) in [5.41, 5.74) is 8.90. The number of nitrogen functional groups attached to an aromatic ring is 1. The lowest BCUT2D eigenvalue weighted by Crippen LogP contribution is -2.13. The first-order chi connectivity index (χ1) is 7.66. The van der Waals surface area contributed by atoms with Gasteiger partial charge in [0.25, 0.3) is 0 Å². The van der Waals surface area contributed by atoms with E-state index in [0.29, 0.717) is 0 Å². The number of benzene rings is 1. The van der Waals surface area contributed by atoms with Crippen LogP contribution in [0.2, 0.25) is 0 Å². The third-order valence-corrected chi connectivity index (χ3v) is 2.48. The molecule has 0 unspecified atom stereocenters. The highest BCUT2D eigenvalue weighted by Gasteiger charge is 2.03. The Labute approximate surface area is 96.1 Å². The van der Waals surface area contributed by atoms with Gasteiger partial charge >= 0.3 is 0 Å². The van der Waals surface area contributed by atoms with Crippen LogP contribution in [0.1, 0.15) is 5.69 Å². The Morgan fingerprint density at radius 3 is 2.44 bits per heavy atom. The topological polar surface area (TPSA) is 34.2 Å². The molecule has 0 aliphatic rings. The smallest absolute Gasteiger partial charge is 0.0454 e. The van der Waals surface area contributed by atoms with Crippen LogP contribution in [0.3, 0.4) is 0 Å². The minimum absolute atomic E-state index is 0.796. The first-order valence-electron chi connectivity index (χ1n) is 5.34. The fraction of sp³-hybridized carbons (Fsp3) is 0.231. The van der Waals surface area contributed by atoms with E-state index in [4.69, 9.17) is 5.73 Å². The van der Waals surface area contributed by atoms with Crippen molar-refractivity contribution >= 4 is 5.69 Å². The highest BCUT2D eigenvalue weighted by molar-refractivity contribution is 5.46. The number of rotatable bonds is 3. The lowest BCUT2D eigenvalue weighted by molar-refractivity contribution is 0.394. The zero-order valence-electron chi connectivity index (χ0n) is 9.72. The second kappa shape index (κ2) is 4.41. The van der Waals surface area contributed by atoms with E-state index in [1.54, 1.807) is 0 Å². The van der Waals surface area contributed by atoms with Crippen molar-refractivity contribution in [2.24, 2.45) is 0 Å². The predicted molar refractivity (Wildman–Crippen MR) is 67.6 cm³/mol. The summed E-state index contributed by atoms with van der Waals surface area (Å²) in [5.74, 6) is 0. The van der Waals surface area contributed by atoms with Gasteiger partial charge in [0.1, 0.15) is 0 Å². The Bertz CT molecular complexity index is 454. The Hall–Kier alpha value is -1.74. The maximum absolute atomic E-state index is 5.68. The lowest BCUT2D eigenvalue weighted by Gasteiger charge is -2.13. The van der Waals surface area contributed by atoms with Gasteiger partial charge in [0.15, 0.2) is 0 Å². The number of anilines is 1. The minimum Gasteiger partial charge on any atom is -0.399 e. The molecule has 0 aliphatic heterocycles. The van der Waals surface area contributed by atoms with Crippen LogP contribution >= 0.6 is 0 Å². The lowest BCUT2D eigenvalue weighted by atomic mass is 10.3. The van der Waals surface area contributed by atoms with Gasteiger partial charge in [0, 0.05) is 29.8 Å². The molecule has 0 aliphatic carbocycles. The van der Waals surface area contributed by atoms with Crippen molar-refractivity contribution in [3.8, 4) is 5.69 Å². The highest BCUT2D eigenvalue weighted by atomic mass is 15.1. The van der Waals surface area contributed by atoms with Gasteiger partial charge < -0.3 is 15.2 Å². The molecular formula is C13H17N3. The van der Waals surface area contributed by atoms with E-state index < -0.39 is 0 Å². The molecule has 1 aromatic carbocycles. The molecule has 0 spiro atoms. The number of aromatic nitrogens is 1. The van der Waals surface area contributed by atoms with Crippen LogP contribution in [0.5, 0.6) is 0 Å². The fourth-order valence-corrected chi connectivity index (χ4v) is 1.76. The van der Waals surface area contributed by atoms with Crippen LogP contribution in [0.4, 0.5) is 5.69 Å². The molecule has 84 valence electrons. The minimum atomic E-state index is 0.796. The van der Waals surface area contributed by atoms with E-state index in [2.05, 4.69) is 41.9 Å². The monoisotopic (exact) mass is 215 g/mol. The number of hydrogen-bond donors (Lipinski definition) is 1. The average Bonchev–Trinajstić information content (AvgIpc) is 2.66. The summed E-state index contributed by atoms with van der Waals surface area (Å²) < 4.78 is 2.18. The summed E-state index contributed by atoms with van der Waals surface area (Å²) in [4.78, 5) is 2.16. The maximum atomic E-state index is 5.68. The van der Waals surface area contributed by atoms with Crippen LogP contribution < -0.4 is 5.73 Å². The third-order valence-electron chi connectivity index (χ3n) is 2.48. The van der Waals surface area contributed by atoms with E-state index in [1.165, 1.54) is 5.69 Å². The fourth-order valence-electron chi connectivity index (χ4n) is 1.76. The molecule has 1 aromatic heterocycles. The van der Waals surface area contributed by atoms with Crippen LogP contribution in [-0.2, 0) is 6.54 Å². The molecule has 16 heavy (non-hydrogen) atoms. The van der Waals surface area contributed by atoms with Gasteiger partial charge in [-0.3, -0.25) is 0 Å².